The summed E-state index contributed by atoms with van der Waals surface area (Å²) < 4.78 is 0. The second kappa shape index (κ2) is 8.06. The Labute approximate surface area is 124 Å². The van der Waals surface area contributed by atoms with Crippen molar-refractivity contribution in [2.24, 2.45) is 5.41 Å². The number of aliphatic hydroxyl groups excluding tert-OH is 1. The summed E-state index contributed by atoms with van der Waals surface area (Å²) in [5.41, 5.74) is 4.40. The number of hydrogen-bond acceptors (Lipinski definition) is 1. The van der Waals surface area contributed by atoms with E-state index < -0.39 is 0 Å². The van der Waals surface area contributed by atoms with Gasteiger partial charge in [-0.15, -0.1) is 0 Å². The molecule has 1 aliphatic carbocycles. The van der Waals surface area contributed by atoms with Gasteiger partial charge in [-0.25, -0.2) is 0 Å². The molecule has 0 aromatic heterocycles. The Morgan fingerprint density at radius 2 is 2.00 bits per heavy atom. The molecular formula is C19H28O. The van der Waals surface area contributed by atoms with Crippen LogP contribution in [-0.2, 0) is 0 Å². The molecule has 0 atom stereocenters. The van der Waals surface area contributed by atoms with Crippen molar-refractivity contribution in [3.63, 3.8) is 0 Å². The van der Waals surface area contributed by atoms with Crippen molar-refractivity contribution in [1.29, 1.82) is 0 Å². The van der Waals surface area contributed by atoms with Crippen LogP contribution in [0, 0.1) is 5.41 Å². The van der Waals surface area contributed by atoms with Gasteiger partial charge in [0.25, 0.3) is 0 Å². The lowest BCUT2D eigenvalue weighted by Gasteiger charge is -2.33. The smallest absolute Gasteiger partial charge is 0.0615 e. The molecule has 0 unspecified atom stereocenters. The predicted molar refractivity (Wildman–Crippen MR) is 88.6 cm³/mol. The summed E-state index contributed by atoms with van der Waals surface area (Å²) in [5.74, 6) is 0. The topological polar surface area (TPSA) is 20.2 Å². The van der Waals surface area contributed by atoms with Crippen molar-refractivity contribution in [1.82, 2.24) is 0 Å². The van der Waals surface area contributed by atoms with Crippen molar-refractivity contribution in [3.05, 3.63) is 59.8 Å². The van der Waals surface area contributed by atoms with Crippen LogP contribution in [0.1, 0.15) is 46.5 Å². The molecule has 1 N–H and O–H groups in total. The van der Waals surface area contributed by atoms with Crippen LogP contribution in [0.5, 0.6) is 0 Å². The molecular weight excluding hydrogens is 244 g/mol. The Morgan fingerprint density at radius 3 is 2.65 bits per heavy atom. The maximum atomic E-state index is 8.62. The summed E-state index contributed by atoms with van der Waals surface area (Å²) in [6.07, 6.45) is 16.6. The fourth-order valence-electron chi connectivity index (χ4n) is 2.72. The largest absolute Gasteiger partial charge is 0.392 e. The number of allylic oxidation sites excluding steroid dienone is 8. The van der Waals surface area contributed by atoms with Gasteiger partial charge in [0.2, 0.25) is 0 Å². The molecule has 0 heterocycles. The van der Waals surface area contributed by atoms with Crippen molar-refractivity contribution in [2.45, 2.75) is 46.5 Å². The maximum Gasteiger partial charge on any atom is 0.0615 e. The average Bonchev–Trinajstić information content (AvgIpc) is 2.37. The molecule has 0 saturated carbocycles. The molecule has 0 aliphatic heterocycles. The van der Waals surface area contributed by atoms with Crippen molar-refractivity contribution < 1.29 is 5.11 Å². The number of hydrogen-bond donors (Lipinski definition) is 1. The summed E-state index contributed by atoms with van der Waals surface area (Å²) >= 11 is 0. The Kier molecular flexibility index (Phi) is 6.74. The van der Waals surface area contributed by atoms with E-state index in [-0.39, 0.29) is 6.61 Å². The maximum absolute atomic E-state index is 8.62. The monoisotopic (exact) mass is 272 g/mol. The van der Waals surface area contributed by atoms with Crippen molar-refractivity contribution >= 4 is 0 Å². The standard InChI is InChI=1S/C19H28O/c1-16(10-7-5-6-8-15-20)12-13-18-17(2)11-9-14-19(18,3)4/h5-8,12-13,20H,1,9-11,14-15H2,2-4H3/b7-5+,8-6+,13-12+. The lowest BCUT2D eigenvalue weighted by molar-refractivity contribution is 0.343. The van der Waals surface area contributed by atoms with Crippen LogP contribution >= 0.6 is 0 Å². The zero-order valence-electron chi connectivity index (χ0n) is 13.2. The Balaban J connectivity index is 2.60. The zero-order valence-corrected chi connectivity index (χ0v) is 13.2. The van der Waals surface area contributed by atoms with Gasteiger partial charge < -0.3 is 5.11 Å². The van der Waals surface area contributed by atoms with Crippen molar-refractivity contribution in [2.75, 3.05) is 6.61 Å². The Morgan fingerprint density at radius 1 is 1.30 bits per heavy atom. The van der Waals surface area contributed by atoms with Gasteiger partial charge in [-0.05, 0) is 43.6 Å². The highest BCUT2D eigenvalue weighted by Crippen LogP contribution is 2.40. The van der Waals surface area contributed by atoms with Crippen LogP contribution in [0.3, 0.4) is 0 Å². The van der Waals surface area contributed by atoms with Gasteiger partial charge in [0, 0.05) is 0 Å². The van der Waals surface area contributed by atoms with E-state index in [2.05, 4.69) is 45.6 Å². The quantitative estimate of drug-likeness (QED) is 0.665. The van der Waals surface area contributed by atoms with E-state index in [0.717, 1.165) is 12.0 Å². The van der Waals surface area contributed by atoms with Gasteiger partial charge in [-0.1, -0.05) is 68.0 Å². The summed E-state index contributed by atoms with van der Waals surface area (Å²) in [4.78, 5) is 0. The minimum absolute atomic E-state index is 0.0910. The molecule has 0 amide bonds. The molecule has 0 bridgehead atoms. The summed E-state index contributed by atoms with van der Waals surface area (Å²) in [6.45, 7) is 11.1. The molecule has 0 fully saturated rings. The van der Waals surface area contributed by atoms with Crippen LogP contribution < -0.4 is 0 Å². The molecule has 110 valence electrons. The summed E-state index contributed by atoms with van der Waals surface area (Å²) in [5, 5.41) is 8.62. The highest BCUT2D eigenvalue weighted by Gasteiger charge is 2.26. The first kappa shape index (κ1) is 16.7. The van der Waals surface area contributed by atoms with Gasteiger partial charge in [-0.3, -0.25) is 0 Å². The highest BCUT2D eigenvalue weighted by atomic mass is 16.2. The molecule has 1 heteroatoms. The predicted octanol–water partition coefficient (Wildman–Crippen LogP) is 5.12. The van der Waals surface area contributed by atoms with E-state index in [1.807, 2.05) is 12.2 Å². The van der Waals surface area contributed by atoms with E-state index >= 15 is 0 Å². The third kappa shape index (κ3) is 5.34. The SMILES string of the molecule is C=C(/C=C/C1=C(C)CCCC1(C)C)C/C=C/C=C/CO. The first-order valence-corrected chi connectivity index (χ1v) is 7.46. The van der Waals surface area contributed by atoms with E-state index in [9.17, 15) is 0 Å². The molecule has 1 rings (SSSR count). The first-order chi connectivity index (χ1) is 9.47. The Hall–Kier alpha value is -1.34. The van der Waals surface area contributed by atoms with E-state index in [0.29, 0.717) is 5.41 Å². The second-order valence-electron chi connectivity index (χ2n) is 6.17. The average molecular weight is 272 g/mol. The van der Waals surface area contributed by atoms with Crippen molar-refractivity contribution in [3.8, 4) is 0 Å². The minimum atomic E-state index is 0.0910. The number of rotatable bonds is 6. The lowest BCUT2D eigenvalue weighted by Crippen LogP contribution is -2.19. The van der Waals surface area contributed by atoms with Crippen LogP contribution in [-0.4, -0.2) is 11.7 Å². The van der Waals surface area contributed by atoms with Gasteiger partial charge in [-0.2, -0.15) is 0 Å². The molecule has 0 saturated heterocycles. The normalized spacial score (nSPS) is 19.6. The molecule has 0 aromatic carbocycles. The fraction of sp³-hybridized carbons (Fsp3) is 0.474. The Bertz CT molecular complexity index is 444. The lowest BCUT2D eigenvalue weighted by atomic mass is 9.72. The van der Waals surface area contributed by atoms with Crippen LogP contribution in [0.4, 0.5) is 0 Å². The molecule has 0 aromatic rings. The number of aliphatic hydroxyl groups is 1. The summed E-state index contributed by atoms with van der Waals surface area (Å²) in [7, 11) is 0. The highest BCUT2D eigenvalue weighted by molar-refractivity contribution is 5.36. The van der Waals surface area contributed by atoms with Gasteiger partial charge in [0.15, 0.2) is 0 Å². The molecule has 20 heavy (non-hydrogen) atoms. The fourth-order valence-corrected chi connectivity index (χ4v) is 2.72. The molecule has 1 nitrogen and oxygen atoms in total. The molecule has 1 aliphatic rings. The molecule has 0 radical (unpaired) electrons. The van der Waals surface area contributed by atoms with E-state index in [1.165, 1.54) is 30.4 Å². The second-order valence-corrected chi connectivity index (χ2v) is 6.17. The third-order valence-corrected chi connectivity index (χ3v) is 3.90. The van der Waals surface area contributed by atoms with E-state index in [1.54, 1.807) is 6.08 Å². The third-order valence-electron chi connectivity index (χ3n) is 3.90. The van der Waals surface area contributed by atoms with E-state index in [4.69, 9.17) is 5.11 Å². The van der Waals surface area contributed by atoms with Crippen LogP contribution in [0.15, 0.2) is 59.8 Å². The van der Waals surface area contributed by atoms with Gasteiger partial charge in [0.05, 0.1) is 6.61 Å². The van der Waals surface area contributed by atoms with Crippen LogP contribution in [0.25, 0.3) is 0 Å². The van der Waals surface area contributed by atoms with Gasteiger partial charge >= 0.3 is 0 Å². The first-order valence-electron chi connectivity index (χ1n) is 7.46. The summed E-state index contributed by atoms with van der Waals surface area (Å²) in [6, 6.07) is 0. The zero-order chi connectivity index (χ0) is 15.0. The molecule has 0 spiro atoms. The van der Waals surface area contributed by atoms with Crippen LogP contribution in [0.2, 0.25) is 0 Å². The van der Waals surface area contributed by atoms with Gasteiger partial charge in [0.1, 0.15) is 0 Å². The minimum Gasteiger partial charge on any atom is -0.392 e.